The highest BCUT2D eigenvalue weighted by Crippen LogP contribution is 2.19. The first-order valence-corrected chi connectivity index (χ1v) is 11.3. The van der Waals surface area contributed by atoms with Gasteiger partial charge in [-0.05, 0) is 49.8 Å². The van der Waals surface area contributed by atoms with Crippen molar-refractivity contribution in [3.63, 3.8) is 0 Å². The molecule has 1 heterocycles. The van der Waals surface area contributed by atoms with Crippen molar-refractivity contribution in [2.75, 3.05) is 19.6 Å². The first-order chi connectivity index (χ1) is 16.6. The molecule has 0 aliphatic carbocycles. The monoisotopic (exact) mass is 491 g/mol. The largest absolute Gasteiger partial charge is 0.508 e. The summed E-state index contributed by atoms with van der Waals surface area (Å²) in [6.07, 6.45) is 1.72. The van der Waals surface area contributed by atoms with Crippen molar-refractivity contribution in [1.29, 1.82) is 0 Å². The predicted octanol–water partition coefficient (Wildman–Crippen LogP) is -2.01. The minimum Gasteiger partial charge on any atom is -0.508 e. The number of rotatable bonds is 12. The van der Waals surface area contributed by atoms with Gasteiger partial charge in [-0.15, -0.1) is 0 Å². The maximum absolute atomic E-state index is 12.9. The SMILES string of the molecule is NC(N)=NCCCC(NC(=O)CNC(=O)C1CCCN1C(=O)C(N)Cc1ccc(O)cc1)C(=O)O. The Morgan fingerprint density at radius 2 is 1.86 bits per heavy atom. The van der Waals surface area contributed by atoms with Crippen LogP contribution in [0.25, 0.3) is 0 Å². The Bertz CT molecular complexity index is 933. The number of likely N-dealkylation sites (tertiary alicyclic amines) is 1. The molecule has 2 rings (SSSR count). The molecule has 0 radical (unpaired) electrons. The van der Waals surface area contributed by atoms with Gasteiger partial charge in [0, 0.05) is 13.1 Å². The smallest absolute Gasteiger partial charge is 0.326 e. The van der Waals surface area contributed by atoms with E-state index in [2.05, 4.69) is 15.6 Å². The first kappa shape index (κ1) is 27.4. The summed E-state index contributed by atoms with van der Waals surface area (Å²) in [6.45, 7) is 0.150. The molecule has 1 aliphatic heterocycles. The van der Waals surface area contributed by atoms with E-state index >= 15 is 0 Å². The topological polar surface area (TPSA) is 226 Å². The Morgan fingerprint density at radius 1 is 1.17 bits per heavy atom. The Labute approximate surface area is 202 Å². The fourth-order valence-electron chi connectivity index (χ4n) is 3.78. The number of hydrogen-bond acceptors (Lipinski definition) is 7. The van der Waals surface area contributed by atoms with Crippen molar-refractivity contribution in [2.45, 2.75) is 50.2 Å². The summed E-state index contributed by atoms with van der Waals surface area (Å²) in [5.74, 6) is -2.79. The molecule has 0 saturated carbocycles. The summed E-state index contributed by atoms with van der Waals surface area (Å²) in [5.41, 5.74) is 17.3. The van der Waals surface area contributed by atoms with E-state index in [0.29, 0.717) is 25.8 Å². The molecule has 13 nitrogen and oxygen atoms in total. The third kappa shape index (κ3) is 8.77. The standard InChI is InChI=1S/C22H33N7O6/c23-15(11-13-5-7-14(30)8-6-13)20(33)29-10-2-4-17(29)19(32)27-12-18(31)28-16(21(34)35)3-1-9-26-22(24)25/h5-8,15-17,30H,1-4,9-12,23H2,(H,27,32)(H,28,31)(H,34,35)(H4,24,25,26). The number of nitrogens with one attached hydrogen (secondary N) is 2. The van der Waals surface area contributed by atoms with Crippen molar-refractivity contribution < 1.29 is 29.4 Å². The molecule has 1 aliphatic rings. The lowest BCUT2D eigenvalue weighted by Gasteiger charge is -2.26. The number of nitrogens with two attached hydrogens (primary N) is 3. The number of carbonyl (C=O) groups is 4. The van der Waals surface area contributed by atoms with E-state index in [4.69, 9.17) is 17.2 Å². The lowest BCUT2D eigenvalue weighted by atomic mass is 10.0. The highest BCUT2D eigenvalue weighted by molar-refractivity contribution is 5.93. The lowest BCUT2D eigenvalue weighted by molar-refractivity contribution is -0.142. The number of guanidine groups is 1. The first-order valence-electron chi connectivity index (χ1n) is 11.3. The van der Waals surface area contributed by atoms with Gasteiger partial charge in [0.15, 0.2) is 5.96 Å². The Hall–Kier alpha value is -3.87. The third-order valence-electron chi connectivity index (χ3n) is 5.55. The van der Waals surface area contributed by atoms with Crippen LogP contribution in [0.4, 0.5) is 0 Å². The van der Waals surface area contributed by atoms with Crippen molar-refractivity contribution >= 4 is 29.7 Å². The van der Waals surface area contributed by atoms with Crippen LogP contribution in [0.3, 0.4) is 0 Å². The van der Waals surface area contributed by atoms with Gasteiger partial charge in [0.1, 0.15) is 17.8 Å². The van der Waals surface area contributed by atoms with E-state index in [0.717, 1.165) is 5.56 Å². The Balaban J connectivity index is 1.85. The summed E-state index contributed by atoms with van der Waals surface area (Å²) in [4.78, 5) is 54.3. The fraction of sp³-hybridized carbons (Fsp3) is 0.500. The fourth-order valence-corrected chi connectivity index (χ4v) is 3.78. The number of aliphatic imine (C=N–C) groups is 1. The van der Waals surface area contributed by atoms with E-state index in [1.165, 1.54) is 17.0 Å². The number of amides is 3. The number of carboxylic acids is 1. The molecule has 1 fully saturated rings. The van der Waals surface area contributed by atoms with Crippen LogP contribution >= 0.6 is 0 Å². The summed E-state index contributed by atoms with van der Waals surface area (Å²) >= 11 is 0. The van der Waals surface area contributed by atoms with E-state index < -0.39 is 42.5 Å². The van der Waals surface area contributed by atoms with E-state index in [1.807, 2.05) is 0 Å². The second-order valence-corrected chi connectivity index (χ2v) is 8.29. The van der Waals surface area contributed by atoms with Gasteiger partial charge in [-0.1, -0.05) is 12.1 Å². The molecule has 192 valence electrons. The van der Waals surface area contributed by atoms with Crippen molar-refractivity contribution in [1.82, 2.24) is 15.5 Å². The zero-order valence-corrected chi connectivity index (χ0v) is 19.4. The molecule has 3 unspecified atom stereocenters. The van der Waals surface area contributed by atoms with Crippen molar-refractivity contribution in [3.8, 4) is 5.75 Å². The number of carbonyl (C=O) groups excluding carboxylic acids is 3. The molecule has 13 heteroatoms. The predicted molar refractivity (Wildman–Crippen MR) is 127 cm³/mol. The number of carboxylic acid groups (broad SMARTS) is 1. The minimum absolute atomic E-state index is 0.106. The van der Waals surface area contributed by atoms with Crippen LogP contribution in [0, 0.1) is 0 Å². The highest BCUT2D eigenvalue weighted by atomic mass is 16.4. The maximum Gasteiger partial charge on any atom is 0.326 e. The molecule has 0 aromatic heterocycles. The van der Waals surface area contributed by atoms with Gasteiger partial charge in [-0.3, -0.25) is 19.4 Å². The lowest BCUT2D eigenvalue weighted by Crippen LogP contribution is -2.53. The number of nitrogens with zero attached hydrogens (tertiary/aromatic N) is 2. The summed E-state index contributed by atoms with van der Waals surface area (Å²) in [7, 11) is 0. The molecule has 0 spiro atoms. The van der Waals surface area contributed by atoms with Gasteiger partial charge in [-0.2, -0.15) is 0 Å². The minimum atomic E-state index is -1.22. The molecule has 1 aromatic rings. The highest BCUT2D eigenvalue weighted by Gasteiger charge is 2.36. The van der Waals surface area contributed by atoms with Gasteiger partial charge in [-0.25, -0.2) is 4.79 Å². The molecule has 35 heavy (non-hydrogen) atoms. The molecule has 1 saturated heterocycles. The number of aliphatic carboxylic acids is 1. The van der Waals surface area contributed by atoms with Crippen LogP contribution in [-0.2, 0) is 25.6 Å². The van der Waals surface area contributed by atoms with Crippen LogP contribution in [0.2, 0.25) is 0 Å². The van der Waals surface area contributed by atoms with Gasteiger partial charge in [0.25, 0.3) is 0 Å². The van der Waals surface area contributed by atoms with Gasteiger partial charge < -0.3 is 42.9 Å². The normalized spacial score (nSPS) is 16.7. The van der Waals surface area contributed by atoms with Crippen LogP contribution in [0.5, 0.6) is 5.75 Å². The third-order valence-corrected chi connectivity index (χ3v) is 5.55. The number of hydrogen-bond donors (Lipinski definition) is 7. The Kier molecular flexibility index (Phi) is 10.3. The van der Waals surface area contributed by atoms with Gasteiger partial charge >= 0.3 is 5.97 Å². The summed E-state index contributed by atoms with van der Waals surface area (Å²) in [5, 5.41) is 23.5. The van der Waals surface area contributed by atoms with Gasteiger partial charge in [0.05, 0.1) is 12.6 Å². The molecular formula is C22H33N7O6. The average Bonchev–Trinajstić information content (AvgIpc) is 3.30. The molecule has 1 aromatic carbocycles. The van der Waals surface area contributed by atoms with Crippen molar-refractivity contribution in [3.05, 3.63) is 29.8 Å². The number of phenols is 1. The molecular weight excluding hydrogens is 458 g/mol. The number of benzene rings is 1. The quantitative estimate of drug-likeness (QED) is 0.0972. The molecule has 0 bridgehead atoms. The van der Waals surface area contributed by atoms with E-state index in [9.17, 15) is 29.4 Å². The van der Waals surface area contributed by atoms with Crippen molar-refractivity contribution in [2.24, 2.45) is 22.2 Å². The van der Waals surface area contributed by atoms with Crippen LogP contribution in [0.15, 0.2) is 29.3 Å². The summed E-state index contributed by atoms with van der Waals surface area (Å²) in [6, 6.07) is 3.55. The second-order valence-electron chi connectivity index (χ2n) is 8.29. The molecule has 3 atom stereocenters. The number of aromatic hydroxyl groups is 1. The zero-order valence-electron chi connectivity index (χ0n) is 19.4. The zero-order chi connectivity index (χ0) is 26.0. The molecule has 3 amide bonds. The van der Waals surface area contributed by atoms with Crippen LogP contribution in [-0.4, -0.2) is 82.5 Å². The second kappa shape index (κ2) is 13.1. The summed E-state index contributed by atoms with van der Waals surface area (Å²) < 4.78 is 0. The molecule has 10 N–H and O–H groups in total. The van der Waals surface area contributed by atoms with Gasteiger partial charge in [0.2, 0.25) is 17.7 Å². The van der Waals surface area contributed by atoms with E-state index in [1.54, 1.807) is 12.1 Å². The Morgan fingerprint density at radius 3 is 2.49 bits per heavy atom. The number of phenolic OH excluding ortho intramolecular Hbond substituents is 1. The van der Waals surface area contributed by atoms with E-state index in [-0.39, 0.29) is 37.0 Å². The average molecular weight is 492 g/mol. The maximum atomic E-state index is 12.9. The van der Waals surface area contributed by atoms with Crippen LogP contribution in [0.1, 0.15) is 31.2 Å². The van der Waals surface area contributed by atoms with Crippen LogP contribution < -0.4 is 27.8 Å².